The minimum atomic E-state index is -1.00. The van der Waals surface area contributed by atoms with Gasteiger partial charge in [-0.2, -0.15) is 5.26 Å². The highest BCUT2D eigenvalue weighted by Gasteiger charge is 2.46. The second-order valence-electron chi connectivity index (χ2n) is 4.52. The number of benzene rings is 1. The molecule has 0 aromatic heterocycles. The van der Waals surface area contributed by atoms with Crippen LogP contribution in [0.25, 0.3) is 0 Å². The van der Waals surface area contributed by atoms with Crippen LogP contribution >= 0.6 is 0 Å². The van der Waals surface area contributed by atoms with Crippen molar-refractivity contribution in [2.24, 2.45) is 5.41 Å². The van der Waals surface area contributed by atoms with E-state index in [2.05, 4.69) is 5.32 Å². The third-order valence-corrected chi connectivity index (χ3v) is 2.83. The molecule has 1 heterocycles. The molecule has 0 spiro atoms. The van der Waals surface area contributed by atoms with Gasteiger partial charge in [-0.1, -0.05) is 6.07 Å². The van der Waals surface area contributed by atoms with Gasteiger partial charge < -0.3 is 10.1 Å². The van der Waals surface area contributed by atoms with Crippen LogP contribution in [0.15, 0.2) is 18.2 Å². The number of rotatable bonds is 2. The van der Waals surface area contributed by atoms with E-state index in [0.29, 0.717) is 0 Å². The number of amides is 1. The lowest BCUT2D eigenvalue weighted by Crippen LogP contribution is -2.50. The first kappa shape index (κ1) is 11.6. The first-order chi connectivity index (χ1) is 8.05. The number of nitrogens with one attached hydrogen (secondary N) is 1. The number of carbonyl (C=O) groups excluding carboxylic acids is 1. The third-order valence-electron chi connectivity index (χ3n) is 2.83. The first-order valence-corrected chi connectivity index (χ1v) is 5.44. The van der Waals surface area contributed by atoms with Gasteiger partial charge in [0.25, 0.3) is 0 Å². The highest BCUT2D eigenvalue weighted by atomic mass is 16.5. The summed E-state index contributed by atoms with van der Waals surface area (Å²) in [6, 6.07) is 7.83. The minimum Gasteiger partial charge on any atom is -0.377 e. The maximum Gasteiger partial charge on any atom is 0.249 e. The number of hydrogen-bond acceptors (Lipinski definition) is 3. The molecule has 2 rings (SSSR count). The average molecular weight is 230 g/mol. The zero-order valence-corrected chi connectivity index (χ0v) is 9.91. The summed E-state index contributed by atoms with van der Waals surface area (Å²) in [4.78, 5) is 12.0. The van der Waals surface area contributed by atoms with Gasteiger partial charge in [-0.25, -0.2) is 0 Å². The molecule has 1 fully saturated rings. The lowest BCUT2D eigenvalue weighted by atomic mass is 9.87. The fourth-order valence-corrected chi connectivity index (χ4v) is 1.85. The molecule has 4 nitrogen and oxygen atoms in total. The molecule has 0 aliphatic carbocycles. The normalized spacial score (nSPS) is 16.8. The van der Waals surface area contributed by atoms with Gasteiger partial charge in [-0.3, -0.25) is 4.79 Å². The van der Waals surface area contributed by atoms with Crippen LogP contribution in [0.2, 0.25) is 0 Å². The molecule has 0 radical (unpaired) electrons. The van der Waals surface area contributed by atoms with E-state index in [1.165, 1.54) is 0 Å². The van der Waals surface area contributed by atoms with Crippen molar-refractivity contribution in [2.75, 3.05) is 18.5 Å². The lowest BCUT2D eigenvalue weighted by molar-refractivity contribution is -0.144. The van der Waals surface area contributed by atoms with Gasteiger partial charge in [0.1, 0.15) is 0 Å². The molecule has 88 valence electrons. The SMILES string of the molecule is Cc1cc(C)cc(NC(=O)C2(C#N)COC2)c1. The number of nitriles is 1. The molecule has 1 aliphatic heterocycles. The highest BCUT2D eigenvalue weighted by molar-refractivity contribution is 5.98. The van der Waals surface area contributed by atoms with E-state index in [-0.39, 0.29) is 19.1 Å². The molecule has 1 saturated heterocycles. The van der Waals surface area contributed by atoms with Crippen molar-refractivity contribution in [1.82, 2.24) is 0 Å². The molecule has 0 atom stereocenters. The van der Waals surface area contributed by atoms with Crippen molar-refractivity contribution in [3.63, 3.8) is 0 Å². The molecular formula is C13H14N2O2. The number of nitrogens with zero attached hydrogens (tertiary/aromatic N) is 1. The number of aryl methyl sites for hydroxylation is 2. The molecule has 1 aromatic rings. The van der Waals surface area contributed by atoms with E-state index in [1.54, 1.807) is 0 Å². The van der Waals surface area contributed by atoms with Crippen LogP contribution in [0.3, 0.4) is 0 Å². The predicted octanol–water partition coefficient (Wildman–Crippen LogP) is 1.78. The number of ether oxygens (including phenoxy) is 1. The molecule has 1 amide bonds. The van der Waals surface area contributed by atoms with Crippen molar-refractivity contribution in [1.29, 1.82) is 5.26 Å². The van der Waals surface area contributed by atoms with Crippen LogP contribution in [0, 0.1) is 30.6 Å². The maximum absolute atomic E-state index is 12.0. The number of hydrogen-bond donors (Lipinski definition) is 1. The van der Waals surface area contributed by atoms with Crippen molar-refractivity contribution < 1.29 is 9.53 Å². The molecular weight excluding hydrogens is 216 g/mol. The minimum absolute atomic E-state index is 0.181. The summed E-state index contributed by atoms with van der Waals surface area (Å²) >= 11 is 0. The van der Waals surface area contributed by atoms with E-state index in [1.807, 2.05) is 38.1 Å². The fourth-order valence-electron chi connectivity index (χ4n) is 1.85. The molecule has 0 unspecified atom stereocenters. The maximum atomic E-state index is 12.0. The molecule has 0 saturated carbocycles. The molecule has 1 aliphatic rings. The summed E-state index contributed by atoms with van der Waals surface area (Å²) in [6.07, 6.45) is 0. The van der Waals surface area contributed by atoms with Crippen LogP contribution in [0.5, 0.6) is 0 Å². The van der Waals surface area contributed by atoms with Crippen LogP contribution in [-0.4, -0.2) is 19.1 Å². The summed E-state index contributed by atoms with van der Waals surface area (Å²) in [5.41, 5.74) is 1.89. The molecule has 1 N–H and O–H groups in total. The summed E-state index contributed by atoms with van der Waals surface area (Å²) in [5.74, 6) is -0.281. The molecule has 17 heavy (non-hydrogen) atoms. The van der Waals surface area contributed by atoms with E-state index < -0.39 is 5.41 Å². The second kappa shape index (κ2) is 4.19. The van der Waals surface area contributed by atoms with Gasteiger partial charge >= 0.3 is 0 Å². The molecule has 1 aromatic carbocycles. The third kappa shape index (κ3) is 2.15. The van der Waals surface area contributed by atoms with Gasteiger partial charge in [0, 0.05) is 5.69 Å². The van der Waals surface area contributed by atoms with Crippen LogP contribution in [0.1, 0.15) is 11.1 Å². The van der Waals surface area contributed by atoms with Crippen molar-refractivity contribution >= 4 is 11.6 Å². The first-order valence-electron chi connectivity index (χ1n) is 5.44. The van der Waals surface area contributed by atoms with Gasteiger partial charge in [0.15, 0.2) is 5.41 Å². The second-order valence-corrected chi connectivity index (χ2v) is 4.52. The topological polar surface area (TPSA) is 62.1 Å². The van der Waals surface area contributed by atoms with Crippen molar-refractivity contribution in [2.45, 2.75) is 13.8 Å². The Kier molecular flexibility index (Phi) is 2.86. The van der Waals surface area contributed by atoms with Gasteiger partial charge in [0.2, 0.25) is 5.91 Å². The Labute approximate surface area is 100 Å². The van der Waals surface area contributed by atoms with E-state index in [9.17, 15) is 4.79 Å². The van der Waals surface area contributed by atoms with Crippen LogP contribution in [0.4, 0.5) is 5.69 Å². The monoisotopic (exact) mass is 230 g/mol. The van der Waals surface area contributed by atoms with E-state index in [0.717, 1.165) is 16.8 Å². The van der Waals surface area contributed by atoms with E-state index in [4.69, 9.17) is 10.00 Å². The number of anilines is 1. The summed E-state index contributed by atoms with van der Waals surface area (Å²) in [7, 11) is 0. The Morgan fingerprint density at radius 2 is 1.94 bits per heavy atom. The van der Waals surface area contributed by atoms with Crippen LogP contribution < -0.4 is 5.32 Å². The predicted molar refractivity (Wildman–Crippen MR) is 63.4 cm³/mol. The van der Waals surface area contributed by atoms with E-state index >= 15 is 0 Å². The Balaban J connectivity index is 2.16. The van der Waals surface area contributed by atoms with Gasteiger partial charge in [-0.15, -0.1) is 0 Å². The smallest absolute Gasteiger partial charge is 0.249 e. The van der Waals surface area contributed by atoms with Crippen molar-refractivity contribution in [3.8, 4) is 6.07 Å². The summed E-state index contributed by atoms with van der Waals surface area (Å²) < 4.78 is 4.95. The highest BCUT2D eigenvalue weighted by Crippen LogP contribution is 2.28. The summed E-state index contributed by atoms with van der Waals surface area (Å²) in [5, 5.41) is 11.8. The molecule has 4 heteroatoms. The standard InChI is InChI=1S/C13H14N2O2/c1-9-3-10(2)5-11(4-9)15-12(16)13(6-14)7-17-8-13/h3-5H,7-8H2,1-2H3,(H,15,16). The largest absolute Gasteiger partial charge is 0.377 e. The zero-order chi connectivity index (χ0) is 12.5. The van der Waals surface area contributed by atoms with Gasteiger partial charge in [-0.05, 0) is 37.1 Å². The zero-order valence-electron chi connectivity index (χ0n) is 9.91. The lowest BCUT2D eigenvalue weighted by Gasteiger charge is -2.33. The van der Waals surface area contributed by atoms with Gasteiger partial charge in [0.05, 0.1) is 19.3 Å². The van der Waals surface area contributed by atoms with Crippen molar-refractivity contribution in [3.05, 3.63) is 29.3 Å². The quantitative estimate of drug-likeness (QED) is 0.842. The fraction of sp³-hybridized carbons (Fsp3) is 0.385. The summed E-state index contributed by atoms with van der Waals surface area (Å²) in [6.45, 7) is 4.30. The average Bonchev–Trinajstić information content (AvgIpc) is 2.14. The number of carbonyl (C=O) groups is 1. The Morgan fingerprint density at radius 3 is 2.35 bits per heavy atom. The van der Waals surface area contributed by atoms with Crippen LogP contribution in [-0.2, 0) is 9.53 Å². The Bertz CT molecular complexity index is 478. The Hall–Kier alpha value is -1.86. The Morgan fingerprint density at radius 1 is 1.35 bits per heavy atom. The molecule has 0 bridgehead atoms.